The Hall–Kier alpha value is -2.17. The first kappa shape index (κ1) is 13.8. The number of cyclic esters (lactones) is 1. The monoisotopic (exact) mass is 283 g/mol. The molecule has 4 nitrogen and oxygen atoms in total. The van der Waals surface area contributed by atoms with Crippen molar-refractivity contribution in [2.75, 3.05) is 6.54 Å². The third-order valence-corrected chi connectivity index (χ3v) is 3.70. The Labute approximate surface area is 123 Å². The highest BCUT2D eigenvalue weighted by atomic mass is 16.7. The average molecular weight is 283 g/mol. The Morgan fingerprint density at radius 2 is 1.48 bits per heavy atom. The van der Waals surface area contributed by atoms with E-state index in [9.17, 15) is 10.0 Å². The Bertz CT molecular complexity index is 614. The number of benzene rings is 2. The summed E-state index contributed by atoms with van der Waals surface area (Å²) in [6, 6.07) is 19.4. The molecule has 0 spiro atoms. The van der Waals surface area contributed by atoms with Crippen molar-refractivity contribution >= 4 is 5.97 Å². The number of epoxide rings is 1. The molecule has 1 heterocycles. The molecule has 1 fully saturated rings. The summed E-state index contributed by atoms with van der Waals surface area (Å²) in [5.74, 6) is -0.373. The van der Waals surface area contributed by atoms with E-state index in [2.05, 4.69) is 0 Å². The van der Waals surface area contributed by atoms with Gasteiger partial charge in [-0.1, -0.05) is 60.7 Å². The van der Waals surface area contributed by atoms with Gasteiger partial charge in [0.2, 0.25) is 0 Å². The molecule has 0 bridgehead atoms. The molecule has 108 valence electrons. The number of hydrogen-bond donors (Lipinski definition) is 1. The lowest BCUT2D eigenvalue weighted by atomic mass is 10.1. The summed E-state index contributed by atoms with van der Waals surface area (Å²) in [7, 11) is 0. The molecule has 2 aromatic rings. The Kier molecular flexibility index (Phi) is 3.73. The van der Waals surface area contributed by atoms with E-state index in [-0.39, 0.29) is 5.97 Å². The molecular formula is C17H17NO3. The van der Waals surface area contributed by atoms with Crippen LogP contribution in [0, 0.1) is 0 Å². The van der Waals surface area contributed by atoms with Crippen molar-refractivity contribution in [3.05, 3.63) is 71.8 Å². The fraction of sp³-hybridized carbons (Fsp3) is 0.235. The van der Waals surface area contributed by atoms with Gasteiger partial charge in [0.25, 0.3) is 5.72 Å². The number of nitrogens with zero attached hydrogens (tertiary/aromatic N) is 1. The molecule has 3 rings (SSSR count). The minimum Gasteiger partial charge on any atom is -0.425 e. The molecule has 21 heavy (non-hydrogen) atoms. The number of hydrogen-bond acceptors (Lipinski definition) is 4. The molecule has 1 unspecified atom stereocenters. The summed E-state index contributed by atoms with van der Waals surface area (Å²) in [4.78, 5) is 11.6. The molecule has 1 atom stereocenters. The van der Waals surface area contributed by atoms with Crippen LogP contribution >= 0.6 is 0 Å². The van der Waals surface area contributed by atoms with E-state index in [1.54, 1.807) is 0 Å². The highest BCUT2D eigenvalue weighted by Crippen LogP contribution is 2.36. The zero-order valence-corrected chi connectivity index (χ0v) is 11.6. The largest absolute Gasteiger partial charge is 0.425 e. The standard InChI is InChI=1S/C17H17NO3/c19-16-17(21-16,13-15-9-5-2-6-10-15)18(20)12-11-14-7-3-1-4-8-14/h1-10,20H,11-13H2. The highest BCUT2D eigenvalue weighted by Gasteiger charge is 2.62. The van der Waals surface area contributed by atoms with Gasteiger partial charge in [-0.25, -0.2) is 4.79 Å². The molecule has 1 aliphatic rings. The Morgan fingerprint density at radius 3 is 2.00 bits per heavy atom. The number of carbonyl (C=O) groups is 1. The second-order valence-electron chi connectivity index (χ2n) is 5.20. The summed E-state index contributed by atoms with van der Waals surface area (Å²) >= 11 is 0. The summed E-state index contributed by atoms with van der Waals surface area (Å²) in [6.07, 6.45) is 1.02. The zero-order chi connectivity index (χ0) is 14.7. The van der Waals surface area contributed by atoms with Crippen molar-refractivity contribution in [1.29, 1.82) is 0 Å². The second kappa shape index (κ2) is 5.68. The van der Waals surface area contributed by atoms with Crippen molar-refractivity contribution < 1.29 is 14.7 Å². The van der Waals surface area contributed by atoms with Crippen LogP contribution in [0.15, 0.2) is 60.7 Å². The lowest BCUT2D eigenvalue weighted by molar-refractivity contribution is -0.170. The number of hydroxylamine groups is 2. The number of rotatable bonds is 6. The van der Waals surface area contributed by atoms with Crippen LogP contribution in [0.1, 0.15) is 11.1 Å². The maximum atomic E-state index is 11.6. The smallest absolute Gasteiger partial charge is 0.371 e. The van der Waals surface area contributed by atoms with Gasteiger partial charge in [-0.15, -0.1) is 5.06 Å². The molecule has 0 saturated carbocycles. The first-order valence-electron chi connectivity index (χ1n) is 6.98. The number of ether oxygens (including phenoxy) is 1. The van der Waals surface area contributed by atoms with Crippen LogP contribution in [0.3, 0.4) is 0 Å². The van der Waals surface area contributed by atoms with Crippen LogP contribution in [-0.4, -0.2) is 28.5 Å². The minimum atomic E-state index is -1.20. The zero-order valence-electron chi connectivity index (χ0n) is 11.6. The Morgan fingerprint density at radius 1 is 0.952 bits per heavy atom. The minimum absolute atomic E-state index is 0.350. The molecule has 0 aromatic heterocycles. The summed E-state index contributed by atoms with van der Waals surface area (Å²) in [5, 5.41) is 11.2. The van der Waals surface area contributed by atoms with Gasteiger partial charge in [-0.2, -0.15) is 0 Å². The lowest BCUT2D eigenvalue weighted by Gasteiger charge is -2.19. The molecule has 1 aliphatic heterocycles. The van der Waals surface area contributed by atoms with Crippen LogP contribution in [-0.2, 0) is 22.4 Å². The maximum Gasteiger partial charge on any atom is 0.371 e. The molecule has 1 N–H and O–H groups in total. The van der Waals surface area contributed by atoms with Crippen LogP contribution in [0.5, 0.6) is 0 Å². The maximum absolute atomic E-state index is 11.6. The molecule has 1 saturated heterocycles. The normalized spacial score (nSPS) is 20.4. The van der Waals surface area contributed by atoms with Crippen molar-refractivity contribution in [3.8, 4) is 0 Å². The lowest BCUT2D eigenvalue weighted by Crippen LogP contribution is -2.40. The van der Waals surface area contributed by atoms with E-state index in [4.69, 9.17) is 4.74 Å². The molecule has 4 heteroatoms. The highest BCUT2D eigenvalue weighted by molar-refractivity contribution is 5.92. The van der Waals surface area contributed by atoms with Crippen LogP contribution < -0.4 is 0 Å². The van der Waals surface area contributed by atoms with Gasteiger partial charge in [0.1, 0.15) is 0 Å². The van der Waals surface area contributed by atoms with E-state index in [0.717, 1.165) is 16.2 Å². The van der Waals surface area contributed by atoms with Gasteiger partial charge < -0.3 is 9.94 Å². The Balaban J connectivity index is 1.64. The van der Waals surface area contributed by atoms with Gasteiger partial charge in [0, 0.05) is 13.0 Å². The van der Waals surface area contributed by atoms with Crippen LogP contribution in [0.4, 0.5) is 0 Å². The first-order chi connectivity index (χ1) is 10.2. The molecule has 2 aromatic carbocycles. The summed E-state index contributed by atoms with van der Waals surface area (Å²) in [6.45, 7) is 0.350. The van der Waals surface area contributed by atoms with Gasteiger partial charge in [0.15, 0.2) is 0 Å². The molecule has 0 radical (unpaired) electrons. The fourth-order valence-electron chi connectivity index (χ4n) is 2.42. The first-order valence-corrected chi connectivity index (χ1v) is 6.98. The second-order valence-corrected chi connectivity index (χ2v) is 5.20. The van der Waals surface area contributed by atoms with Gasteiger partial charge >= 0.3 is 5.97 Å². The third kappa shape index (κ3) is 2.96. The third-order valence-electron chi connectivity index (χ3n) is 3.70. The predicted molar refractivity (Wildman–Crippen MR) is 77.6 cm³/mol. The van der Waals surface area contributed by atoms with Gasteiger partial charge in [-0.05, 0) is 17.5 Å². The summed E-state index contributed by atoms with van der Waals surface area (Å²) in [5.41, 5.74) is 0.873. The SMILES string of the molecule is O=C1OC1(Cc1ccccc1)N(O)CCc1ccccc1. The quantitative estimate of drug-likeness (QED) is 0.653. The van der Waals surface area contributed by atoms with E-state index in [0.29, 0.717) is 19.4 Å². The number of carbonyl (C=O) groups excluding carboxylic acids is 1. The van der Waals surface area contributed by atoms with E-state index in [1.165, 1.54) is 0 Å². The van der Waals surface area contributed by atoms with E-state index in [1.807, 2.05) is 60.7 Å². The van der Waals surface area contributed by atoms with Crippen molar-refractivity contribution in [2.45, 2.75) is 18.6 Å². The predicted octanol–water partition coefficient (Wildman–Crippen LogP) is 2.42. The molecule has 0 aliphatic carbocycles. The van der Waals surface area contributed by atoms with Crippen molar-refractivity contribution in [1.82, 2.24) is 5.06 Å². The van der Waals surface area contributed by atoms with Gasteiger partial charge in [0.05, 0.1) is 0 Å². The molecular weight excluding hydrogens is 266 g/mol. The van der Waals surface area contributed by atoms with Crippen molar-refractivity contribution in [2.24, 2.45) is 0 Å². The van der Waals surface area contributed by atoms with Crippen LogP contribution in [0.2, 0.25) is 0 Å². The van der Waals surface area contributed by atoms with E-state index < -0.39 is 5.72 Å². The average Bonchev–Trinajstić information content (AvgIpc) is 3.18. The molecule has 0 amide bonds. The van der Waals surface area contributed by atoms with Crippen molar-refractivity contribution in [3.63, 3.8) is 0 Å². The summed E-state index contributed by atoms with van der Waals surface area (Å²) < 4.78 is 5.10. The van der Waals surface area contributed by atoms with Gasteiger partial charge in [-0.3, -0.25) is 0 Å². The topological polar surface area (TPSA) is 53.1 Å². The van der Waals surface area contributed by atoms with E-state index >= 15 is 0 Å². The van der Waals surface area contributed by atoms with Crippen LogP contribution in [0.25, 0.3) is 0 Å². The fourth-order valence-corrected chi connectivity index (χ4v) is 2.42.